The van der Waals surface area contributed by atoms with Crippen molar-refractivity contribution in [1.29, 1.82) is 0 Å². The average molecular weight is 362 g/mol. The molecule has 0 aliphatic heterocycles. The van der Waals surface area contributed by atoms with Crippen LogP contribution in [0.4, 0.5) is 5.82 Å². The maximum Gasteiger partial charge on any atom is 0.323 e. The Hall–Kier alpha value is -1.23. The van der Waals surface area contributed by atoms with E-state index in [4.69, 9.17) is 39.9 Å². The summed E-state index contributed by atoms with van der Waals surface area (Å²) < 4.78 is 0. The van der Waals surface area contributed by atoms with Crippen LogP contribution in [0.1, 0.15) is 20.8 Å². The number of aliphatic carboxylic acids is 1. The van der Waals surface area contributed by atoms with E-state index in [0.29, 0.717) is 31.8 Å². The predicted molar refractivity (Wildman–Crippen MR) is 91.5 cm³/mol. The quantitative estimate of drug-likeness (QED) is 0.846. The van der Waals surface area contributed by atoms with Gasteiger partial charge in [0.2, 0.25) is 0 Å². The number of carboxylic acids is 1. The lowest BCUT2D eigenvalue weighted by Crippen LogP contribution is -2.45. The molecule has 0 bridgehead atoms. The molecule has 7 heteroatoms. The molecule has 0 saturated carbocycles. The monoisotopic (exact) mass is 360 g/mol. The third-order valence-electron chi connectivity index (χ3n) is 3.19. The Balaban J connectivity index is 2.68. The first-order valence-electron chi connectivity index (χ1n) is 6.55. The molecular weight excluding hydrogens is 347 g/mol. The van der Waals surface area contributed by atoms with Crippen molar-refractivity contribution in [2.45, 2.75) is 26.3 Å². The molecule has 0 spiro atoms. The Kier molecular flexibility index (Phi) is 4.76. The number of hydrogen-bond donors (Lipinski definition) is 1. The molecule has 0 saturated heterocycles. The highest BCUT2D eigenvalue weighted by molar-refractivity contribution is 6.46. The number of benzene rings is 1. The van der Waals surface area contributed by atoms with Gasteiger partial charge in [-0.1, -0.05) is 34.8 Å². The summed E-state index contributed by atoms with van der Waals surface area (Å²) in [5, 5.41) is 10.9. The van der Waals surface area contributed by atoms with Crippen molar-refractivity contribution in [3.63, 3.8) is 0 Å². The second-order valence-electron chi connectivity index (χ2n) is 5.87. The van der Waals surface area contributed by atoms with Crippen molar-refractivity contribution >= 4 is 57.5 Å². The maximum absolute atomic E-state index is 11.1. The predicted octanol–water partition coefficient (Wildman–Crippen LogP) is 4.88. The molecule has 0 radical (unpaired) electrons. The summed E-state index contributed by atoms with van der Waals surface area (Å²) in [6, 6.07) is 5.03. The van der Waals surface area contributed by atoms with Gasteiger partial charge in [-0.3, -0.25) is 4.79 Å². The van der Waals surface area contributed by atoms with Gasteiger partial charge in [0, 0.05) is 10.9 Å². The summed E-state index contributed by atoms with van der Waals surface area (Å²) in [4.78, 5) is 17.3. The fourth-order valence-corrected chi connectivity index (χ4v) is 2.72. The summed E-state index contributed by atoms with van der Waals surface area (Å²) in [6.45, 7) is 5.50. The van der Waals surface area contributed by atoms with Gasteiger partial charge in [-0.15, -0.1) is 0 Å². The second-order valence-corrected chi connectivity index (χ2v) is 7.06. The second kappa shape index (κ2) is 6.11. The minimum Gasteiger partial charge on any atom is -0.480 e. The molecule has 0 aliphatic rings. The topological polar surface area (TPSA) is 53.4 Å². The third kappa shape index (κ3) is 3.40. The van der Waals surface area contributed by atoms with Crippen LogP contribution in [0.25, 0.3) is 10.9 Å². The van der Waals surface area contributed by atoms with Crippen LogP contribution < -0.4 is 4.90 Å². The molecule has 0 atom stereocenters. The number of aromatic nitrogens is 1. The average Bonchev–Trinajstić information content (AvgIpc) is 2.39. The number of halogens is 3. The molecule has 0 aliphatic carbocycles. The number of pyridine rings is 1. The fraction of sp³-hybridized carbons (Fsp3) is 0.333. The molecule has 1 heterocycles. The van der Waals surface area contributed by atoms with E-state index in [-0.39, 0.29) is 6.54 Å². The van der Waals surface area contributed by atoms with Crippen LogP contribution in [-0.2, 0) is 4.79 Å². The lowest BCUT2D eigenvalue weighted by molar-refractivity contribution is -0.135. The van der Waals surface area contributed by atoms with E-state index in [0.717, 1.165) is 0 Å². The largest absolute Gasteiger partial charge is 0.480 e. The molecule has 1 aromatic heterocycles. The fourth-order valence-electron chi connectivity index (χ4n) is 2.12. The van der Waals surface area contributed by atoms with Gasteiger partial charge < -0.3 is 10.0 Å². The van der Waals surface area contributed by atoms with Crippen LogP contribution in [0, 0.1) is 0 Å². The Bertz CT molecular complexity index is 742. The molecule has 0 fully saturated rings. The number of hydrogen-bond acceptors (Lipinski definition) is 3. The third-order valence-corrected chi connectivity index (χ3v) is 4.30. The van der Waals surface area contributed by atoms with E-state index in [2.05, 4.69) is 4.98 Å². The van der Waals surface area contributed by atoms with Crippen LogP contribution in [-0.4, -0.2) is 28.1 Å². The van der Waals surface area contributed by atoms with Crippen molar-refractivity contribution in [3.8, 4) is 0 Å². The van der Waals surface area contributed by atoms with Crippen molar-refractivity contribution < 1.29 is 9.90 Å². The smallest absolute Gasteiger partial charge is 0.323 e. The van der Waals surface area contributed by atoms with Gasteiger partial charge >= 0.3 is 5.97 Å². The van der Waals surface area contributed by atoms with Crippen molar-refractivity contribution in [2.75, 3.05) is 11.4 Å². The van der Waals surface area contributed by atoms with Gasteiger partial charge in [0.25, 0.3) is 0 Å². The van der Waals surface area contributed by atoms with E-state index in [1.54, 1.807) is 23.1 Å². The van der Waals surface area contributed by atoms with Gasteiger partial charge in [-0.2, -0.15) is 0 Å². The van der Waals surface area contributed by atoms with Crippen molar-refractivity contribution in [2.24, 2.45) is 0 Å². The number of anilines is 1. The van der Waals surface area contributed by atoms with E-state index in [1.807, 2.05) is 20.8 Å². The van der Waals surface area contributed by atoms with Crippen molar-refractivity contribution in [1.82, 2.24) is 4.98 Å². The molecule has 1 aromatic carbocycles. The lowest BCUT2D eigenvalue weighted by atomic mass is 10.1. The van der Waals surface area contributed by atoms with Crippen LogP contribution in [0.15, 0.2) is 18.2 Å². The maximum atomic E-state index is 11.1. The SMILES string of the molecule is CC(C)(C)N(CC(=O)O)c1cc(Cl)c2ccc(Cl)c(Cl)c2n1. The van der Waals surface area contributed by atoms with E-state index in [1.165, 1.54) is 0 Å². The number of nitrogens with zero attached hydrogens (tertiary/aromatic N) is 2. The zero-order chi connectivity index (χ0) is 16.7. The van der Waals surface area contributed by atoms with E-state index < -0.39 is 11.5 Å². The van der Waals surface area contributed by atoms with Crippen molar-refractivity contribution in [3.05, 3.63) is 33.3 Å². The van der Waals surface area contributed by atoms with Gasteiger partial charge in [-0.05, 0) is 39.0 Å². The summed E-state index contributed by atoms with van der Waals surface area (Å²) in [5.41, 5.74) is 0.00397. The van der Waals surface area contributed by atoms with Gasteiger partial charge in [0.15, 0.2) is 0 Å². The minimum atomic E-state index is -0.954. The normalized spacial score (nSPS) is 11.7. The van der Waals surface area contributed by atoms with Crippen LogP contribution in [0.2, 0.25) is 15.1 Å². The standard InChI is InChI=1S/C15H15Cl3N2O2/c1-15(2,3)20(7-12(21)22)11-6-10(17)8-4-5-9(16)13(18)14(8)19-11/h4-6H,7H2,1-3H3,(H,21,22). The van der Waals surface area contributed by atoms with Gasteiger partial charge in [-0.25, -0.2) is 4.98 Å². The summed E-state index contributed by atoms with van der Waals surface area (Å²) in [7, 11) is 0. The Morgan fingerprint density at radius 2 is 1.86 bits per heavy atom. The first-order valence-corrected chi connectivity index (χ1v) is 7.68. The molecule has 2 aromatic rings. The highest BCUT2D eigenvalue weighted by Gasteiger charge is 2.26. The number of rotatable bonds is 3. The Morgan fingerprint density at radius 3 is 2.41 bits per heavy atom. The first kappa shape index (κ1) is 17.1. The molecular formula is C15H15Cl3N2O2. The Labute approximate surface area is 143 Å². The summed E-state index contributed by atoms with van der Waals surface area (Å²) in [6.07, 6.45) is 0. The Morgan fingerprint density at radius 1 is 1.23 bits per heavy atom. The summed E-state index contributed by atoms with van der Waals surface area (Å²) in [5.74, 6) is -0.512. The zero-order valence-electron chi connectivity index (χ0n) is 12.3. The molecule has 22 heavy (non-hydrogen) atoms. The zero-order valence-corrected chi connectivity index (χ0v) is 14.6. The van der Waals surface area contributed by atoms with Gasteiger partial charge in [0.05, 0.1) is 20.6 Å². The van der Waals surface area contributed by atoms with Crippen LogP contribution in [0.3, 0.4) is 0 Å². The number of carboxylic acid groups (broad SMARTS) is 1. The lowest BCUT2D eigenvalue weighted by Gasteiger charge is -2.35. The number of fused-ring (bicyclic) bond motifs is 1. The molecule has 118 valence electrons. The van der Waals surface area contributed by atoms with Gasteiger partial charge in [0.1, 0.15) is 12.4 Å². The highest BCUT2D eigenvalue weighted by Crippen LogP contribution is 2.36. The molecule has 4 nitrogen and oxygen atoms in total. The first-order chi connectivity index (χ1) is 10.1. The van der Waals surface area contributed by atoms with Crippen LogP contribution in [0.5, 0.6) is 0 Å². The van der Waals surface area contributed by atoms with E-state index >= 15 is 0 Å². The van der Waals surface area contributed by atoms with E-state index in [9.17, 15) is 4.79 Å². The summed E-state index contributed by atoms with van der Waals surface area (Å²) >= 11 is 18.5. The molecule has 2 rings (SSSR count). The minimum absolute atomic E-state index is 0.198. The molecule has 0 amide bonds. The van der Waals surface area contributed by atoms with Crippen LogP contribution >= 0.6 is 34.8 Å². The number of carbonyl (C=O) groups is 1. The molecule has 0 unspecified atom stereocenters. The highest BCUT2D eigenvalue weighted by atomic mass is 35.5. The molecule has 1 N–H and O–H groups in total.